The molecule has 0 radical (unpaired) electrons. The average Bonchev–Trinajstić information content (AvgIpc) is 3.41. The first-order chi connectivity index (χ1) is 22.6. The Morgan fingerprint density at radius 3 is 2.11 bits per heavy atom. The lowest BCUT2D eigenvalue weighted by Crippen LogP contribution is -2.51. The zero-order chi connectivity index (χ0) is 33.9. The number of hydrogen-bond acceptors (Lipinski definition) is 2. The van der Waals surface area contributed by atoms with Crippen LogP contribution in [0.3, 0.4) is 0 Å². The van der Waals surface area contributed by atoms with Crippen molar-refractivity contribution in [2.45, 2.75) is 208 Å². The van der Waals surface area contributed by atoms with Crippen molar-refractivity contribution in [2.75, 3.05) is 0 Å². The summed E-state index contributed by atoms with van der Waals surface area (Å²) in [6.45, 7) is 19.0. The van der Waals surface area contributed by atoms with Crippen LogP contribution in [-0.4, -0.2) is 12.1 Å². The fourth-order valence-corrected chi connectivity index (χ4v) is 11.7. The van der Waals surface area contributed by atoms with Crippen molar-refractivity contribution in [1.82, 2.24) is 0 Å². The molecule has 47 heavy (non-hydrogen) atoms. The monoisotopic (exact) mass is 651 g/mol. The first-order valence-electron chi connectivity index (χ1n) is 21.2. The molecule has 9 atom stereocenters. The van der Waals surface area contributed by atoms with E-state index in [1.807, 2.05) is 0 Å². The standard InChI is InChI=1S/C45H78O2/c1-8-10-11-12-13-14-15-16-17-18-19-20-21-22-43(46)47-38-29-31-44(6)37(33-38)25-26-39-41-28-27-40(45(41,7)32-30-42(39)44)35(5)23-24-36(9-2)34(3)4/h25,35-36,38-42H,3,8-24,26-33H2,1-2,4-7H3. The number of unbranched alkanes of at least 4 members (excludes halogenated alkanes) is 12. The number of carbonyl (C=O) groups excluding carboxylic acids is 1. The minimum Gasteiger partial charge on any atom is -0.462 e. The SMILES string of the molecule is C=C(C)C(CC)CCC(C)C1CCC2C3CC=C4CC(OC(=O)CCCCCCCCCCCCCCC)CCC4(C)C3CCC12C. The molecule has 4 aliphatic carbocycles. The van der Waals surface area contributed by atoms with Gasteiger partial charge in [-0.05, 0) is 124 Å². The Bertz CT molecular complexity index is 994. The van der Waals surface area contributed by atoms with Crippen LogP contribution in [0.4, 0.5) is 0 Å². The van der Waals surface area contributed by atoms with Gasteiger partial charge in [0.1, 0.15) is 6.10 Å². The summed E-state index contributed by atoms with van der Waals surface area (Å²) >= 11 is 0. The Morgan fingerprint density at radius 1 is 0.851 bits per heavy atom. The lowest BCUT2D eigenvalue weighted by atomic mass is 9.47. The van der Waals surface area contributed by atoms with E-state index in [2.05, 4.69) is 54.2 Å². The lowest BCUT2D eigenvalue weighted by molar-refractivity contribution is -0.151. The number of allylic oxidation sites excluding steroid dienone is 2. The van der Waals surface area contributed by atoms with Gasteiger partial charge in [0, 0.05) is 12.8 Å². The predicted octanol–water partition coefficient (Wildman–Crippen LogP) is 14.0. The van der Waals surface area contributed by atoms with Crippen molar-refractivity contribution in [2.24, 2.45) is 46.3 Å². The highest BCUT2D eigenvalue weighted by atomic mass is 16.5. The first kappa shape index (κ1) is 38.7. The van der Waals surface area contributed by atoms with E-state index in [1.165, 1.54) is 140 Å². The van der Waals surface area contributed by atoms with Crippen LogP contribution in [-0.2, 0) is 9.53 Å². The number of carbonyl (C=O) groups is 1. The Morgan fingerprint density at radius 2 is 1.49 bits per heavy atom. The quantitative estimate of drug-likeness (QED) is 0.0702. The summed E-state index contributed by atoms with van der Waals surface area (Å²) in [5, 5.41) is 0. The normalized spacial score (nSPS) is 32.9. The van der Waals surface area contributed by atoms with Crippen molar-refractivity contribution in [1.29, 1.82) is 0 Å². The zero-order valence-corrected chi connectivity index (χ0v) is 32.3. The second-order valence-electron chi connectivity index (χ2n) is 17.8. The van der Waals surface area contributed by atoms with Gasteiger partial charge >= 0.3 is 5.97 Å². The van der Waals surface area contributed by atoms with Gasteiger partial charge in [-0.1, -0.05) is 135 Å². The van der Waals surface area contributed by atoms with Crippen molar-refractivity contribution in [3.05, 3.63) is 23.8 Å². The molecule has 0 heterocycles. The third-order valence-electron chi connectivity index (χ3n) is 14.8. The van der Waals surface area contributed by atoms with E-state index in [1.54, 1.807) is 5.57 Å². The molecule has 0 aromatic heterocycles. The van der Waals surface area contributed by atoms with Crippen LogP contribution in [0.15, 0.2) is 23.8 Å². The average molecular weight is 651 g/mol. The van der Waals surface area contributed by atoms with Crippen LogP contribution in [0.5, 0.6) is 0 Å². The summed E-state index contributed by atoms with van der Waals surface area (Å²) in [5.41, 5.74) is 3.86. The van der Waals surface area contributed by atoms with Gasteiger partial charge < -0.3 is 4.74 Å². The summed E-state index contributed by atoms with van der Waals surface area (Å²) in [5.74, 6) is 5.04. The van der Waals surface area contributed by atoms with E-state index in [4.69, 9.17) is 4.74 Å². The Kier molecular flexibility index (Phi) is 15.5. The first-order valence-corrected chi connectivity index (χ1v) is 21.2. The molecule has 4 rings (SSSR count). The fraction of sp³-hybridized carbons (Fsp3) is 0.889. The molecule has 9 unspecified atom stereocenters. The molecule has 0 amide bonds. The number of esters is 1. The van der Waals surface area contributed by atoms with Gasteiger partial charge in [-0.25, -0.2) is 0 Å². The van der Waals surface area contributed by atoms with Gasteiger partial charge in [-0.2, -0.15) is 0 Å². The molecule has 3 fully saturated rings. The summed E-state index contributed by atoms with van der Waals surface area (Å²) in [7, 11) is 0. The summed E-state index contributed by atoms with van der Waals surface area (Å²) in [6, 6.07) is 0. The second-order valence-corrected chi connectivity index (χ2v) is 17.8. The van der Waals surface area contributed by atoms with E-state index in [0.717, 1.165) is 48.9 Å². The molecular weight excluding hydrogens is 572 g/mol. The lowest BCUT2D eigenvalue weighted by Gasteiger charge is -2.58. The van der Waals surface area contributed by atoms with Crippen molar-refractivity contribution < 1.29 is 9.53 Å². The van der Waals surface area contributed by atoms with Crippen LogP contribution in [0.25, 0.3) is 0 Å². The molecule has 4 aliphatic rings. The molecule has 0 aliphatic heterocycles. The van der Waals surface area contributed by atoms with Crippen molar-refractivity contribution >= 4 is 5.97 Å². The molecule has 0 aromatic carbocycles. The maximum absolute atomic E-state index is 12.8. The highest BCUT2D eigenvalue weighted by Crippen LogP contribution is 2.67. The molecule has 0 aromatic rings. The van der Waals surface area contributed by atoms with E-state index in [0.29, 0.717) is 23.2 Å². The van der Waals surface area contributed by atoms with E-state index >= 15 is 0 Å². The highest BCUT2D eigenvalue weighted by molar-refractivity contribution is 5.69. The molecule has 0 spiro atoms. The van der Waals surface area contributed by atoms with Gasteiger partial charge in [-0.3, -0.25) is 4.79 Å². The van der Waals surface area contributed by atoms with E-state index in [-0.39, 0.29) is 12.1 Å². The molecule has 0 bridgehead atoms. The molecule has 2 nitrogen and oxygen atoms in total. The van der Waals surface area contributed by atoms with E-state index < -0.39 is 0 Å². The predicted molar refractivity (Wildman–Crippen MR) is 202 cm³/mol. The van der Waals surface area contributed by atoms with Gasteiger partial charge in [0.15, 0.2) is 0 Å². The molecule has 0 saturated heterocycles. The van der Waals surface area contributed by atoms with E-state index in [9.17, 15) is 4.79 Å². The zero-order valence-electron chi connectivity index (χ0n) is 32.3. The van der Waals surface area contributed by atoms with Gasteiger partial charge in [-0.15, -0.1) is 0 Å². The minimum absolute atomic E-state index is 0.0593. The molecule has 270 valence electrons. The number of fused-ring (bicyclic) bond motifs is 5. The summed E-state index contributed by atoms with van der Waals surface area (Å²) in [6.07, 6.45) is 34.9. The maximum Gasteiger partial charge on any atom is 0.306 e. The minimum atomic E-state index is 0.0593. The van der Waals surface area contributed by atoms with Crippen LogP contribution >= 0.6 is 0 Å². The van der Waals surface area contributed by atoms with Crippen molar-refractivity contribution in [3.63, 3.8) is 0 Å². The second kappa shape index (κ2) is 18.8. The van der Waals surface area contributed by atoms with Gasteiger partial charge in [0.25, 0.3) is 0 Å². The van der Waals surface area contributed by atoms with Gasteiger partial charge in [0.2, 0.25) is 0 Å². The summed E-state index contributed by atoms with van der Waals surface area (Å²) in [4.78, 5) is 12.8. The molecule has 0 N–H and O–H groups in total. The molecular formula is C45H78O2. The van der Waals surface area contributed by atoms with Crippen molar-refractivity contribution in [3.8, 4) is 0 Å². The van der Waals surface area contributed by atoms with Gasteiger partial charge in [0.05, 0.1) is 0 Å². The molecule has 3 saturated carbocycles. The Balaban J connectivity index is 1.16. The Labute approximate surface area is 293 Å². The van der Waals surface area contributed by atoms with Crippen LogP contribution in [0, 0.1) is 46.3 Å². The fourth-order valence-electron chi connectivity index (χ4n) is 11.7. The topological polar surface area (TPSA) is 26.3 Å². The maximum atomic E-state index is 12.8. The van der Waals surface area contributed by atoms with Crippen LogP contribution < -0.4 is 0 Å². The van der Waals surface area contributed by atoms with Crippen LogP contribution in [0.1, 0.15) is 202 Å². The number of hydrogen-bond donors (Lipinski definition) is 0. The molecule has 2 heteroatoms. The number of ether oxygens (including phenoxy) is 1. The highest BCUT2D eigenvalue weighted by Gasteiger charge is 2.59. The summed E-state index contributed by atoms with van der Waals surface area (Å²) < 4.78 is 6.13. The smallest absolute Gasteiger partial charge is 0.306 e. The largest absolute Gasteiger partial charge is 0.462 e. The van der Waals surface area contributed by atoms with Crippen LogP contribution in [0.2, 0.25) is 0 Å². The third-order valence-corrected chi connectivity index (χ3v) is 14.8. The third kappa shape index (κ3) is 10.0. The Hall–Kier alpha value is -1.05. The number of rotatable bonds is 21.